The number of ether oxygens (including phenoxy) is 3. The van der Waals surface area contributed by atoms with Crippen molar-refractivity contribution >= 4 is 5.78 Å². The predicted molar refractivity (Wildman–Crippen MR) is 85.0 cm³/mol. The highest BCUT2D eigenvalue weighted by atomic mass is 16.5. The molecule has 0 aromatic heterocycles. The Morgan fingerprint density at radius 2 is 1.45 bits per heavy atom. The van der Waals surface area contributed by atoms with Crippen LogP contribution in [0.4, 0.5) is 0 Å². The quantitative estimate of drug-likeness (QED) is 0.731. The zero-order valence-corrected chi connectivity index (χ0v) is 13.0. The van der Waals surface area contributed by atoms with E-state index in [1.807, 2.05) is 13.8 Å². The molecule has 0 atom stereocenters. The smallest absolute Gasteiger partial charge is 0.200 e. The number of methoxy groups -OCH3 is 1. The molecule has 0 saturated heterocycles. The number of carbonyl (C=O) groups excluding carboxylic acids is 1. The fraction of sp³-hybridized carbons (Fsp3) is 0.278. The first kappa shape index (κ1) is 15.9. The van der Waals surface area contributed by atoms with E-state index in [2.05, 4.69) is 0 Å². The van der Waals surface area contributed by atoms with Crippen LogP contribution in [0.2, 0.25) is 0 Å². The summed E-state index contributed by atoms with van der Waals surface area (Å²) in [5.74, 6) is 2.06. The maximum Gasteiger partial charge on any atom is 0.200 e. The summed E-state index contributed by atoms with van der Waals surface area (Å²) in [6.07, 6.45) is 0.111. The predicted octanol–water partition coefficient (Wildman–Crippen LogP) is 3.74. The number of Topliss-reactive ketones (excluding diaryl/α,β-unsaturated/α-hetero) is 1. The Kier molecular flexibility index (Phi) is 5.42. The number of ketones is 1. The summed E-state index contributed by atoms with van der Waals surface area (Å²) in [5, 5.41) is 0. The van der Waals surface area contributed by atoms with Crippen LogP contribution in [-0.4, -0.2) is 25.6 Å². The van der Waals surface area contributed by atoms with Crippen molar-refractivity contribution in [1.29, 1.82) is 0 Å². The van der Waals surface area contributed by atoms with Crippen LogP contribution in [0.1, 0.15) is 24.2 Å². The van der Waals surface area contributed by atoms with Crippen LogP contribution < -0.4 is 14.2 Å². The van der Waals surface area contributed by atoms with Gasteiger partial charge in [-0.1, -0.05) is 0 Å². The Balaban J connectivity index is 1.91. The molecule has 0 unspecified atom stereocenters. The van der Waals surface area contributed by atoms with E-state index in [0.717, 1.165) is 11.5 Å². The van der Waals surface area contributed by atoms with Crippen LogP contribution in [0, 0.1) is 0 Å². The summed E-state index contributed by atoms with van der Waals surface area (Å²) in [5.41, 5.74) is 0.601. The second kappa shape index (κ2) is 7.50. The third-order valence-corrected chi connectivity index (χ3v) is 2.98. The summed E-state index contributed by atoms with van der Waals surface area (Å²) in [4.78, 5) is 12.1. The van der Waals surface area contributed by atoms with Crippen LogP contribution in [0.5, 0.6) is 17.2 Å². The number of benzene rings is 2. The molecule has 0 heterocycles. The van der Waals surface area contributed by atoms with Gasteiger partial charge in [0, 0.05) is 5.56 Å². The second-order valence-electron chi connectivity index (χ2n) is 5.08. The number of rotatable bonds is 7. The standard InChI is InChI=1S/C18H20O4/c1-13(2)22-17-6-4-14(5-7-17)18(19)12-21-16-10-8-15(20-3)9-11-16/h4-11,13H,12H2,1-3H3. The Morgan fingerprint density at radius 3 is 2.00 bits per heavy atom. The van der Waals surface area contributed by atoms with Gasteiger partial charge in [-0.15, -0.1) is 0 Å². The number of hydrogen-bond donors (Lipinski definition) is 0. The molecule has 2 aromatic carbocycles. The highest BCUT2D eigenvalue weighted by Gasteiger charge is 2.08. The third-order valence-electron chi connectivity index (χ3n) is 2.98. The van der Waals surface area contributed by atoms with Crippen LogP contribution in [0.15, 0.2) is 48.5 Å². The monoisotopic (exact) mass is 300 g/mol. The molecular formula is C18H20O4. The molecule has 0 radical (unpaired) electrons. The van der Waals surface area contributed by atoms with Crippen molar-refractivity contribution in [2.45, 2.75) is 20.0 Å². The summed E-state index contributed by atoms with van der Waals surface area (Å²) < 4.78 is 16.1. The lowest BCUT2D eigenvalue weighted by molar-refractivity contribution is 0.0921. The van der Waals surface area contributed by atoms with Gasteiger partial charge in [0.2, 0.25) is 0 Å². The van der Waals surface area contributed by atoms with E-state index in [4.69, 9.17) is 14.2 Å². The fourth-order valence-electron chi connectivity index (χ4n) is 1.90. The summed E-state index contributed by atoms with van der Waals surface area (Å²) >= 11 is 0. The maximum atomic E-state index is 12.1. The van der Waals surface area contributed by atoms with Gasteiger partial charge in [0.25, 0.3) is 0 Å². The molecule has 0 saturated carbocycles. The molecule has 2 rings (SSSR count). The van der Waals surface area contributed by atoms with Crippen molar-refractivity contribution < 1.29 is 19.0 Å². The largest absolute Gasteiger partial charge is 0.497 e. The molecule has 0 aliphatic heterocycles. The molecule has 0 amide bonds. The van der Waals surface area contributed by atoms with Crippen molar-refractivity contribution in [3.63, 3.8) is 0 Å². The van der Waals surface area contributed by atoms with E-state index in [-0.39, 0.29) is 18.5 Å². The van der Waals surface area contributed by atoms with Crippen molar-refractivity contribution in [2.75, 3.05) is 13.7 Å². The van der Waals surface area contributed by atoms with Crippen molar-refractivity contribution in [2.24, 2.45) is 0 Å². The van der Waals surface area contributed by atoms with Gasteiger partial charge in [0.05, 0.1) is 13.2 Å². The zero-order chi connectivity index (χ0) is 15.9. The van der Waals surface area contributed by atoms with Crippen molar-refractivity contribution in [1.82, 2.24) is 0 Å². The summed E-state index contributed by atoms with van der Waals surface area (Å²) in [6.45, 7) is 3.92. The van der Waals surface area contributed by atoms with Gasteiger partial charge in [-0.3, -0.25) is 4.79 Å². The maximum absolute atomic E-state index is 12.1. The average molecular weight is 300 g/mol. The van der Waals surface area contributed by atoms with Gasteiger partial charge >= 0.3 is 0 Å². The van der Waals surface area contributed by atoms with E-state index in [1.54, 1.807) is 55.6 Å². The van der Waals surface area contributed by atoms with Crippen molar-refractivity contribution in [3.05, 3.63) is 54.1 Å². The van der Waals surface area contributed by atoms with Gasteiger partial charge in [-0.2, -0.15) is 0 Å². The van der Waals surface area contributed by atoms with E-state index in [1.165, 1.54) is 0 Å². The van der Waals surface area contributed by atoms with E-state index in [9.17, 15) is 4.79 Å². The molecule has 116 valence electrons. The molecule has 0 N–H and O–H groups in total. The summed E-state index contributed by atoms with van der Waals surface area (Å²) in [7, 11) is 1.60. The lowest BCUT2D eigenvalue weighted by Crippen LogP contribution is -2.12. The lowest BCUT2D eigenvalue weighted by Gasteiger charge is -2.10. The Labute approximate surface area is 130 Å². The first-order valence-corrected chi connectivity index (χ1v) is 7.15. The Morgan fingerprint density at radius 1 is 0.909 bits per heavy atom. The Bertz CT molecular complexity index is 600. The van der Waals surface area contributed by atoms with Crippen LogP contribution >= 0.6 is 0 Å². The average Bonchev–Trinajstić information content (AvgIpc) is 2.53. The topological polar surface area (TPSA) is 44.8 Å². The number of carbonyl (C=O) groups is 1. The number of hydrogen-bond acceptors (Lipinski definition) is 4. The van der Waals surface area contributed by atoms with Crippen molar-refractivity contribution in [3.8, 4) is 17.2 Å². The zero-order valence-electron chi connectivity index (χ0n) is 13.0. The van der Waals surface area contributed by atoms with E-state index < -0.39 is 0 Å². The molecule has 0 spiro atoms. The second-order valence-corrected chi connectivity index (χ2v) is 5.08. The highest BCUT2D eigenvalue weighted by Crippen LogP contribution is 2.18. The molecular weight excluding hydrogens is 280 g/mol. The van der Waals surface area contributed by atoms with Gasteiger partial charge in [-0.25, -0.2) is 0 Å². The van der Waals surface area contributed by atoms with Gasteiger partial charge in [0.15, 0.2) is 12.4 Å². The third kappa shape index (κ3) is 4.52. The first-order valence-electron chi connectivity index (χ1n) is 7.15. The van der Waals surface area contributed by atoms with Crippen LogP contribution in [0.3, 0.4) is 0 Å². The molecule has 0 aliphatic rings. The molecule has 0 aliphatic carbocycles. The molecule has 0 fully saturated rings. The summed E-state index contributed by atoms with van der Waals surface area (Å²) in [6, 6.07) is 14.2. The fourth-order valence-corrected chi connectivity index (χ4v) is 1.90. The highest BCUT2D eigenvalue weighted by molar-refractivity contribution is 5.97. The van der Waals surface area contributed by atoms with Gasteiger partial charge in [-0.05, 0) is 62.4 Å². The SMILES string of the molecule is COc1ccc(OCC(=O)c2ccc(OC(C)C)cc2)cc1. The molecule has 4 heteroatoms. The van der Waals surface area contributed by atoms with E-state index >= 15 is 0 Å². The van der Waals surface area contributed by atoms with Crippen LogP contribution in [-0.2, 0) is 0 Å². The molecule has 2 aromatic rings. The minimum atomic E-state index is -0.0769. The lowest BCUT2D eigenvalue weighted by atomic mass is 10.1. The Hall–Kier alpha value is -2.49. The molecule has 0 bridgehead atoms. The van der Waals surface area contributed by atoms with Gasteiger partial charge in [0.1, 0.15) is 17.2 Å². The minimum absolute atomic E-state index is 0.00326. The first-order chi connectivity index (χ1) is 10.6. The molecule has 22 heavy (non-hydrogen) atoms. The van der Waals surface area contributed by atoms with E-state index in [0.29, 0.717) is 11.3 Å². The minimum Gasteiger partial charge on any atom is -0.497 e. The molecule has 4 nitrogen and oxygen atoms in total. The van der Waals surface area contributed by atoms with Crippen LogP contribution in [0.25, 0.3) is 0 Å². The van der Waals surface area contributed by atoms with Gasteiger partial charge < -0.3 is 14.2 Å². The normalized spacial score (nSPS) is 10.4.